The Morgan fingerprint density at radius 3 is 2.50 bits per heavy atom. The lowest BCUT2D eigenvalue weighted by Gasteiger charge is -2.08. The van der Waals surface area contributed by atoms with Crippen LogP contribution in [0, 0.1) is 12.9 Å². The first-order valence-electron chi connectivity index (χ1n) is 7.38. The molecule has 0 aliphatic heterocycles. The fraction of sp³-hybridized carbons (Fsp3) is 0.0526. The fourth-order valence-corrected chi connectivity index (χ4v) is 2.13. The second-order valence-electron chi connectivity index (χ2n) is 5.27. The van der Waals surface area contributed by atoms with Gasteiger partial charge in [0.05, 0.1) is 5.56 Å². The summed E-state index contributed by atoms with van der Waals surface area (Å²) in [5, 5.41) is 2.72. The number of hydrogen-bond acceptors (Lipinski definition) is 3. The molecule has 0 saturated heterocycles. The number of anilines is 1. The fourth-order valence-electron chi connectivity index (χ4n) is 2.13. The zero-order chi connectivity index (χ0) is 16.9. The Morgan fingerprint density at radius 1 is 1.04 bits per heavy atom. The standard InChI is InChI=1S/C19H15FN2O2/c1-13-3-2-4-17(11-13)24-16-8-6-15(7-9-16)22-19(23)14-5-10-18(20)21-12-14/h2-12H,1H3,(H,22,23). The number of amides is 1. The second kappa shape index (κ2) is 6.91. The average Bonchev–Trinajstić information content (AvgIpc) is 2.57. The largest absolute Gasteiger partial charge is 0.457 e. The van der Waals surface area contributed by atoms with Crippen LogP contribution in [0.3, 0.4) is 0 Å². The molecule has 0 aliphatic carbocycles. The van der Waals surface area contributed by atoms with Gasteiger partial charge in [-0.2, -0.15) is 4.39 Å². The van der Waals surface area contributed by atoms with Crippen molar-refractivity contribution in [1.82, 2.24) is 4.98 Å². The van der Waals surface area contributed by atoms with E-state index in [1.807, 2.05) is 31.2 Å². The maximum Gasteiger partial charge on any atom is 0.257 e. The lowest BCUT2D eigenvalue weighted by molar-refractivity contribution is 0.102. The van der Waals surface area contributed by atoms with Crippen molar-refractivity contribution in [2.75, 3.05) is 5.32 Å². The zero-order valence-electron chi connectivity index (χ0n) is 13.0. The molecular weight excluding hydrogens is 307 g/mol. The van der Waals surface area contributed by atoms with Crippen LogP contribution >= 0.6 is 0 Å². The molecule has 0 radical (unpaired) electrons. The monoisotopic (exact) mass is 322 g/mol. The number of carbonyl (C=O) groups is 1. The van der Waals surface area contributed by atoms with Crippen LogP contribution in [0.2, 0.25) is 0 Å². The quantitative estimate of drug-likeness (QED) is 0.716. The third-order valence-electron chi connectivity index (χ3n) is 3.33. The van der Waals surface area contributed by atoms with Gasteiger partial charge in [0.1, 0.15) is 11.5 Å². The molecule has 2 aromatic carbocycles. The number of rotatable bonds is 4. The van der Waals surface area contributed by atoms with Crippen LogP contribution in [0.1, 0.15) is 15.9 Å². The SMILES string of the molecule is Cc1cccc(Oc2ccc(NC(=O)c3ccc(F)nc3)cc2)c1. The zero-order valence-corrected chi connectivity index (χ0v) is 13.0. The molecule has 0 atom stereocenters. The number of benzene rings is 2. The van der Waals surface area contributed by atoms with Crippen molar-refractivity contribution in [3.05, 3.63) is 83.9 Å². The van der Waals surface area contributed by atoms with Crippen LogP contribution in [0.5, 0.6) is 11.5 Å². The van der Waals surface area contributed by atoms with Gasteiger partial charge in [-0.3, -0.25) is 4.79 Å². The lowest BCUT2D eigenvalue weighted by Crippen LogP contribution is -2.12. The predicted molar refractivity (Wildman–Crippen MR) is 89.8 cm³/mol. The van der Waals surface area contributed by atoms with E-state index in [0.717, 1.165) is 17.4 Å². The minimum absolute atomic E-state index is 0.288. The first kappa shape index (κ1) is 15.7. The summed E-state index contributed by atoms with van der Waals surface area (Å²) in [5.74, 6) is 0.449. The van der Waals surface area contributed by atoms with Crippen LogP contribution < -0.4 is 10.1 Å². The van der Waals surface area contributed by atoms with Crippen molar-refractivity contribution >= 4 is 11.6 Å². The van der Waals surface area contributed by atoms with Crippen molar-refractivity contribution < 1.29 is 13.9 Å². The van der Waals surface area contributed by atoms with Gasteiger partial charge in [0, 0.05) is 11.9 Å². The summed E-state index contributed by atoms with van der Waals surface area (Å²) < 4.78 is 18.5. The van der Waals surface area contributed by atoms with E-state index in [2.05, 4.69) is 10.3 Å². The Kier molecular flexibility index (Phi) is 4.52. The highest BCUT2D eigenvalue weighted by molar-refractivity contribution is 6.04. The first-order chi connectivity index (χ1) is 11.6. The molecule has 0 unspecified atom stereocenters. The molecule has 1 heterocycles. The normalized spacial score (nSPS) is 10.2. The Balaban J connectivity index is 1.66. The Morgan fingerprint density at radius 2 is 1.83 bits per heavy atom. The molecule has 1 N–H and O–H groups in total. The lowest BCUT2D eigenvalue weighted by atomic mass is 10.2. The van der Waals surface area contributed by atoms with E-state index in [1.165, 1.54) is 12.3 Å². The van der Waals surface area contributed by atoms with E-state index in [9.17, 15) is 9.18 Å². The summed E-state index contributed by atoms with van der Waals surface area (Å²) in [6, 6.07) is 17.3. The van der Waals surface area contributed by atoms with Crippen LogP contribution in [0.25, 0.3) is 0 Å². The maximum absolute atomic E-state index is 12.8. The van der Waals surface area contributed by atoms with Gasteiger partial charge in [-0.1, -0.05) is 12.1 Å². The molecule has 5 heteroatoms. The topological polar surface area (TPSA) is 51.2 Å². The molecule has 0 fully saturated rings. The highest BCUT2D eigenvalue weighted by Crippen LogP contribution is 2.23. The van der Waals surface area contributed by atoms with Gasteiger partial charge in [0.15, 0.2) is 0 Å². The van der Waals surface area contributed by atoms with E-state index < -0.39 is 5.95 Å². The predicted octanol–water partition coefficient (Wildman–Crippen LogP) is 4.57. The van der Waals surface area contributed by atoms with Gasteiger partial charge in [-0.15, -0.1) is 0 Å². The number of ether oxygens (including phenoxy) is 1. The molecule has 0 bridgehead atoms. The summed E-state index contributed by atoms with van der Waals surface area (Å²) in [4.78, 5) is 15.5. The smallest absolute Gasteiger partial charge is 0.257 e. The van der Waals surface area contributed by atoms with Gasteiger partial charge < -0.3 is 10.1 Å². The van der Waals surface area contributed by atoms with Gasteiger partial charge in [0.25, 0.3) is 5.91 Å². The number of nitrogens with one attached hydrogen (secondary N) is 1. The van der Waals surface area contributed by atoms with Crippen molar-refractivity contribution in [3.8, 4) is 11.5 Å². The molecule has 4 nitrogen and oxygen atoms in total. The van der Waals surface area contributed by atoms with Gasteiger partial charge >= 0.3 is 0 Å². The van der Waals surface area contributed by atoms with E-state index in [0.29, 0.717) is 11.4 Å². The second-order valence-corrected chi connectivity index (χ2v) is 5.27. The third kappa shape index (κ3) is 3.95. The van der Waals surface area contributed by atoms with Crippen LogP contribution in [-0.2, 0) is 0 Å². The molecule has 1 aromatic heterocycles. The van der Waals surface area contributed by atoms with E-state index in [1.54, 1.807) is 24.3 Å². The summed E-state index contributed by atoms with van der Waals surface area (Å²) >= 11 is 0. The van der Waals surface area contributed by atoms with E-state index in [-0.39, 0.29) is 11.5 Å². The van der Waals surface area contributed by atoms with Crippen LogP contribution in [0.4, 0.5) is 10.1 Å². The summed E-state index contributed by atoms with van der Waals surface area (Å²) in [7, 11) is 0. The van der Waals surface area contributed by atoms with Gasteiger partial charge in [-0.25, -0.2) is 4.98 Å². The maximum atomic E-state index is 12.8. The summed E-state index contributed by atoms with van der Waals surface area (Å²) in [5.41, 5.74) is 2.02. The molecule has 120 valence electrons. The molecular formula is C19H15FN2O2. The van der Waals surface area contributed by atoms with Crippen molar-refractivity contribution in [1.29, 1.82) is 0 Å². The van der Waals surface area contributed by atoms with Gasteiger partial charge in [0.2, 0.25) is 5.95 Å². The Labute approximate surface area is 138 Å². The third-order valence-corrected chi connectivity index (χ3v) is 3.33. The van der Waals surface area contributed by atoms with Crippen molar-refractivity contribution in [2.45, 2.75) is 6.92 Å². The number of carbonyl (C=O) groups excluding carboxylic acids is 1. The molecule has 3 aromatic rings. The van der Waals surface area contributed by atoms with Crippen molar-refractivity contribution in [3.63, 3.8) is 0 Å². The number of halogens is 1. The minimum Gasteiger partial charge on any atom is -0.457 e. The molecule has 0 aliphatic rings. The highest BCUT2D eigenvalue weighted by Gasteiger charge is 2.07. The Hall–Kier alpha value is -3.21. The van der Waals surface area contributed by atoms with E-state index in [4.69, 9.17) is 4.74 Å². The molecule has 0 spiro atoms. The molecule has 0 saturated carbocycles. The first-order valence-corrected chi connectivity index (χ1v) is 7.38. The van der Waals surface area contributed by atoms with Crippen molar-refractivity contribution in [2.24, 2.45) is 0 Å². The van der Waals surface area contributed by atoms with Gasteiger partial charge in [-0.05, 0) is 61.0 Å². The summed E-state index contributed by atoms with van der Waals surface area (Å²) in [6.07, 6.45) is 1.19. The number of nitrogens with zero attached hydrogens (tertiary/aromatic N) is 1. The minimum atomic E-state index is -0.621. The number of hydrogen-bond donors (Lipinski definition) is 1. The Bertz CT molecular complexity index is 846. The van der Waals surface area contributed by atoms with E-state index >= 15 is 0 Å². The number of aromatic nitrogens is 1. The van der Waals surface area contributed by atoms with Crippen LogP contribution in [0.15, 0.2) is 66.9 Å². The number of pyridine rings is 1. The van der Waals surface area contributed by atoms with Crippen LogP contribution in [-0.4, -0.2) is 10.9 Å². The average molecular weight is 322 g/mol. The number of aryl methyl sites for hydroxylation is 1. The summed E-state index contributed by atoms with van der Waals surface area (Å²) in [6.45, 7) is 2.00. The molecule has 3 rings (SSSR count). The molecule has 24 heavy (non-hydrogen) atoms. The molecule has 1 amide bonds. The highest BCUT2D eigenvalue weighted by atomic mass is 19.1.